The highest BCUT2D eigenvalue weighted by Gasteiger charge is 2.11. The standard InChI is InChI=1S/C16H25N3/c1-7-11-19(8-2)15-10-9-14(13(3)18-15)12-17-16(4,5)6/h1,9-10,17H,8,11-12H2,2-6H3. The Bertz CT molecular complexity index is 452. The van der Waals surface area contributed by atoms with Crippen LogP contribution >= 0.6 is 0 Å². The fraction of sp³-hybridized carbons (Fsp3) is 0.562. The van der Waals surface area contributed by atoms with Gasteiger partial charge in [-0.05, 0) is 46.2 Å². The Morgan fingerprint density at radius 1 is 1.37 bits per heavy atom. The van der Waals surface area contributed by atoms with Gasteiger partial charge in [0.1, 0.15) is 5.82 Å². The van der Waals surface area contributed by atoms with Gasteiger partial charge in [-0.2, -0.15) is 0 Å². The molecule has 0 amide bonds. The molecule has 104 valence electrons. The molecule has 0 radical (unpaired) electrons. The molecule has 0 bridgehead atoms. The van der Waals surface area contributed by atoms with Gasteiger partial charge >= 0.3 is 0 Å². The molecular weight excluding hydrogens is 234 g/mol. The topological polar surface area (TPSA) is 28.2 Å². The number of pyridine rings is 1. The van der Waals surface area contributed by atoms with Crippen LogP contribution in [-0.2, 0) is 6.54 Å². The molecule has 1 heterocycles. The molecule has 0 aromatic carbocycles. The van der Waals surface area contributed by atoms with Gasteiger partial charge < -0.3 is 10.2 Å². The van der Waals surface area contributed by atoms with Crippen molar-refractivity contribution in [1.82, 2.24) is 10.3 Å². The number of nitrogens with zero attached hydrogens (tertiary/aromatic N) is 2. The molecule has 19 heavy (non-hydrogen) atoms. The highest BCUT2D eigenvalue weighted by molar-refractivity contribution is 5.42. The zero-order valence-corrected chi connectivity index (χ0v) is 12.7. The average Bonchev–Trinajstić information content (AvgIpc) is 2.33. The lowest BCUT2D eigenvalue weighted by Crippen LogP contribution is -2.35. The number of aryl methyl sites for hydroxylation is 1. The van der Waals surface area contributed by atoms with E-state index in [1.807, 2.05) is 13.0 Å². The fourth-order valence-corrected chi connectivity index (χ4v) is 1.76. The van der Waals surface area contributed by atoms with E-state index in [0.717, 1.165) is 24.6 Å². The first kappa shape index (κ1) is 15.5. The summed E-state index contributed by atoms with van der Waals surface area (Å²) in [5.41, 5.74) is 2.41. The monoisotopic (exact) mass is 259 g/mol. The molecule has 3 heteroatoms. The Morgan fingerprint density at radius 3 is 2.53 bits per heavy atom. The van der Waals surface area contributed by atoms with E-state index in [0.29, 0.717) is 6.54 Å². The van der Waals surface area contributed by atoms with E-state index < -0.39 is 0 Å². The molecule has 0 fully saturated rings. The minimum atomic E-state index is 0.115. The first-order valence-electron chi connectivity index (χ1n) is 6.77. The number of aromatic nitrogens is 1. The highest BCUT2D eigenvalue weighted by Crippen LogP contribution is 2.15. The lowest BCUT2D eigenvalue weighted by Gasteiger charge is -2.23. The van der Waals surface area contributed by atoms with Gasteiger partial charge in [0.2, 0.25) is 0 Å². The number of hydrogen-bond acceptors (Lipinski definition) is 3. The van der Waals surface area contributed by atoms with E-state index in [-0.39, 0.29) is 5.54 Å². The van der Waals surface area contributed by atoms with Gasteiger partial charge in [0.15, 0.2) is 0 Å². The molecule has 3 nitrogen and oxygen atoms in total. The summed E-state index contributed by atoms with van der Waals surface area (Å²) in [7, 11) is 0. The summed E-state index contributed by atoms with van der Waals surface area (Å²) in [4.78, 5) is 6.75. The Balaban J connectivity index is 2.82. The van der Waals surface area contributed by atoms with E-state index >= 15 is 0 Å². The Kier molecular flexibility index (Phi) is 5.38. The lowest BCUT2D eigenvalue weighted by atomic mass is 10.1. The largest absolute Gasteiger partial charge is 0.346 e. The number of terminal acetylenes is 1. The summed E-state index contributed by atoms with van der Waals surface area (Å²) in [5.74, 6) is 3.63. The molecule has 1 aromatic rings. The molecule has 0 aliphatic heterocycles. The van der Waals surface area contributed by atoms with Gasteiger partial charge in [-0.25, -0.2) is 4.98 Å². The van der Waals surface area contributed by atoms with Gasteiger partial charge in [0.25, 0.3) is 0 Å². The van der Waals surface area contributed by atoms with Crippen LogP contribution in [-0.4, -0.2) is 23.6 Å². The van der Waals surface area contributed by atoms with Gasteiger partial charge in [-0.3, -0.25) is 0 Å². The van der Waals surface area contributed by atoms with Gasteiger partial charge in [0, 0.05) is 24.3 Å². The van der Waals surface area contributed by atoms with Crippen LogP contribution in [0.3, 0.4) is 0 Å². The first-order chi connectivity index (χ1) is 8.87. The summed E-state index contributed by atoms with van der Waals surface area (Å²) < 4.78 is 0. The smallest absolute Gasteiger partial charge is 0.129 e. The third kappa shape index (κ3) is 4.92. The molecular formula is C16H25N3. The van der Waals surface area contributed by atoms with Crippen molar-refractivity contribution in [3.63, 3.8) is 0 Å². The lowest BCUT2D eigenvalue weighted by molar-refractivity contribution is 0.423. The molecule has 0 aliphatic carbocycles. The second kappa shape index (κ2) is 6.58. The van der Waals surface area contributed by atoms with E-state index in [1.165, 1.54) is 5.56 Å². The van der Waals surface area contributed by atoms with Crippen LogP contribution in [0, 0.1) is 19.3 Å². The van der Waals surface area contributed by atoms with E-state index in [2.05, 4.69) is 54.9 Å². The van der Waals surface area contributed by atoms with Gasteiger partial charge in [-0.15, -0.1) is 6.42 Å². The van der Waals surface area contributed by atoms with Crippen molar-refractivity contribution in [3.05, 3.63) is 23.4 Å². The van der Waals surface area contributed by atoms with Crippen LogP contribution < -0.4 is 10.2 Å². The zero-order chi connectivity index (χ0) is 14.5. The van der Waals surface area contributed by atoms with Crippen LogP contribution in [0.2, 0.25) is 0 Å². The third-order valence-corrected chi connectivity index (χ3v) is 2.98. The van der Waals surface area contributed by atoms with Crippen molar-refractivity contribution in [3.8, 4) is 12.3 Å². The Hall–Kier alpha value is -1.53. The number of rotatable bonds is 5. The predicted molar refractivity (Wildman–Crippen MR) is 82.3 cm³/mol. The van der Waals surface area contributed by atoms with Crippen LogP contribution in [0.1, 0.15) is 39.0 Å². The summed E-state index contributed by atoms with van der Waals surface area (Å²) in [6, 6.07) is 4.18. The fourth-order valence-electron chi connectivity index (χ4n) is 1.76. The van der Waals surface area contributed by atoms with E-state index in [1.54, 1.807) is 0 Å². The molecule has 0 unspecified atom stereocenters. The van der Waals surface area contributed by atoms with Gasteiger partial charge in [-0.1, -0.05) is 12.0 Å². The third-order valence-electron chi connectivity index (χ3n) is 2.98. The van der Waals surface area contributed by atoms with Crippen molar-refractivity contribution < 1.29 is 0 Å². The maximum Gasteiger partial charge on any atom is 0.129 e. The number of hydrogen-bond donors (Lipinski definition) is 1. The maximum atomic E-state index is 5.38. The average molecular weight is 259 g/mol. The van der Waals surface area contributed by atoms with E-state index in [4.69, 9.17) is 6.42 Å². The van der Waals surface area contributed by atoms with Crippen LogP contribution in [0.25, 0.3) is 0 Å². The summed E-state index contributed by atoms with van der Waals surface area (Å²) in [5, 5.41) is 3.48. The quantitative estimate of drug-likeness (QED) is 0.824. The molecule has 0 saturated carbocycles. The van der Waals surface area contributed by atoms with Crippen molar-refractivity contribution in [1.29, 1.82) is 0 Å². The molecule has 1 N–H and O–H groups in total. The van der Waals surface area contributed by atoms with Crippen molar-refractivity contribution in [2.24, 2.45) is 0 Å². The molecule has 1 aromatic heterocycles. The molecule has 0 atom stereocenters. The second-order valence-electron chi connectivity index (χ2n) is 5.74. The van der Waals surface area contributed by atoms with Crippen molar-refractivity contribution in [2.45, 2.75) is 46.7 Å². The van der Waals surface area contributed by atoms with Crippen LogP contribution in [0.15, 0.2) is 12.1 Å². The second-order valence-corrected chi connectivity index (χ2v) is 5.74. The molecule has 0 saturated heterocycles. The first-order valence-corrected chi connectivity index (χ1v) is 6.77. The SMILES string of the molecule is C#CCN(CC)c1ccc(CNC(C)(C)C)c(C)n1. The Labute approximate surface area is 117 Å². The number of nitrogens with one attached hydrogen (secondary N) is 1. The van der Waals surface area contributed by atoms with Gasteiger partial charge in [0.05, 0.1) is 6.54 Å². The molecule has 1 rings (SSSR count). The van der Waals surface area contributed by atoms with Crippen LogP contribution in [0.5, 0.6) is 0 Å². The zero-order valence-electron chi connectivity index (χ0n) is 12.7. The van der Waals surface area contributed by atoms with Crippen LogP contribution in [0.4, 0.5) is 5.82 Å². The molecule has 0 aliphatic rings. The van der Waals surface area contributed by atoms with Crippen molar-refractivity contribution >= 4 is 5.82 Å². The predicted octanol–water partition coefficient (Wildman–Crippen LogP) is 2.74. The number of anilines is 1. The normalized spacial score (nSPS) is 11.2. The minimum Gasteiger partial charge on any atom is -0.346 e. The maximum absolute atomic E-state index is 5.38. The molecule has 0 spiro atoms. The van der Waals surface area contributed by atoms with Crippen molar-refractivity contribution in [2.75, 3.05) is 18.0 Å². The summed E-state index contributed by atoms with van der Waals surface area (Å²) >= 11 is 0. The summed E-state index contributed by atoms with van der Waals surface area (Å²) in [6.45, 7) is 12.9. The Morgan fingerprint density at radius 2 is 2.05 bits per heavy atom. The summed E-state index contributed by atoms with van der Waals surface area (Å²) in [6.07, 6.45) is 5.38. The minimum absolute atomic E-state index is 0.115. The highest BCUT2D eigenvalue weighted by atomic mass is 15.2. The van der Waals surface area contributed by atoms with E-state index in [9.17, 15) is 0 Å².